The van der Waals surface area contributed by atoms with Crippen LogP contribution in [0.3, 0.4) is 0 Å². The van der Waals surface area contributed by atoms with Crippen LogP contribution in [0.2, 0.25) is 0 Å². The lowest BCUT2D eigenvalue weighted by molar-refractivity contribution is 0.113. The molecule has 0 aliphatic carbocycles. The summed E-state index contributed by atoms with van der Waals surface area (Å²) < 4.78 is 10.5. The first-order chi connectivity index (χ1) is 12.1. The minimum absolute atomic E-state index is 0.260. The minimum Gasteiger partial charge on any atom is -0.423 e. The Morgan fingerprint density at radius 3 is 2.44 bits per heavy atom. The number of piperazine rings is 1. The molecule has 3 rings (SSSR count). The number of methoxy groups -OCH3 is 1. The van der Waals surface area contributed by atoms with E-state index >= 15 is 0 Å². The van der Waals surface area contributed by atoms with Crippen LogP contribution in [0.5, 0.6) is 0 Å². The zero-order valence-electron chi connectivity index (χ0n) is 15.5. The molecule has 2 heterocycles. The molecule has 0 saturated carbocycles. The number of benzene rings is 1. The van der Waals surface area contributed by atoms with E-state index in [0.29, 0.717) is 5.58 Å². The SMILES string of the molecule is COCCCN1CCN(Cc2cc(=O)oc3cc(C)c(C)cc23)CC1. The van der Waals surface area contributed by atoms with Gasteiger partial charge < -0.3 is 14.1 Å². The average Bonchev–Trinajstić information content (AvgIpc) is 2.58. The molecule has 1 aliphatic heterocycles. The number of fused-ring (bicyclic) bond motifs is 1. The fraction of sp³-hybridized carbons (Fsp3) is 0.550. The first kappa shape index (κ1) is 18.1. The lowest BCUT2D eigenvalue weighted by Crippen LogP contribution is -2.46. The van der Waals surface area contributed by atoms with Gasteiger partial charge in [-0.25, -0.2) is 4.79 Å². The fourth-order valence-corrected chi connectivity index (χ4v) is 3.46. The van der Waals surface area contributed by atoms with Gasteiger partial charge in [-0.15, -0.1) is 0 Å². The summed E-state index contributed by atoms with van der Waals surface area (Å²) in [7, 11) is 1.75. The number of ether oxygens (including phenoxy) is 1. The Morgan fingerprint density at radius 1 is 1.04 bits per heavy atom. The average molecular weight is 344 g/mol. The molecular formula is C20H28N2O3. The van der Waals surface area contributed by atoms with Crippen molar-refractivity contribution >= 4 is 11.0 Å². The molecule has 1 aromatic carbocycles. The molecule has 0 unspecified atom stereocenters. The van der Waals surface area contributed by atoms with E-state index < -0.39 is 0 Å². The van der Waals surface area contributed by atoms with E-state index in [2.05, 4.69) is 22.8 Å². The third-order valence-electron chi connectivity index (χ3n) is 5.13. The van der Waals surface area contributed by atoms with Crippen LogP contribution in [0.4, 0.5) is 0 Å². The number of nitrogens with zero attached hydrogens (tertiary/aromatic N) is 2. The van der Waals surface area contributed by atoms with E-state index in [1.165, 1.54) is 5.56 Å². The van der Waals surface area contributed by atoms with Crippen LogP contribution in [-0.2, 0) is 11.3 Å². The molecule has 0 atom stereocenters. The van der Waals surface area contributed by atoms with Gasteiger partial charge in [0.25, 0.3) is 0 Å². The van der Waals surface area contributed by atoms with E-state index in [1.807, 2.05) is 13.0 Å². The van der Waals surface area contributed by atoms with Gasteiger partial charge in [0, 0.05) is 64.4 Å². The molecule has 0 N–H and O–H groups in total. The van der Waals surface area contributed by atoms with Crippen LogP contribution in [0.25, 0.3) is 11.0 Å². The van der Waals surface area contributed by atoms with Crippen molar-refractivity contribution in [3.8, 4) is 0 Å². The zero-order valence-corrected chi connectivity index (χ0v) is 15.5. The van der Waals surface area contributed by atoms with Crippen LogP contribution in [0.15, 0.2) is 27.4 Å². The van der Waals surface area contributed by atoms with Crippen molar-refractivity contribution in [2.45, 2.75) is 26.8 Å². The van der Waals surface area contributed by atoms with E-state index in [4.69, 9.17) is 9.15 Å². The second-order valence-corrected chi connectivity index (χ2v) is 6.99. The topological polar surface area (TPSA) is 45.9 Å². The number of hydrogen-bond acceptors (Lipinski definition) is 5. The minimum atomic E-state index is -0.260. The van der Waals surface area contributed by atoms with Crippen molar-refractivity contribution in [2.24, 2.45) is 0 Å². The molecule has 1 aliphatic rings. The van der Waals surface area contributed by atoms with Crippen LogP contribution in [0, 0.1) is 13.8 Å². The van der Waals surface area contributed by atoms with Gasteiger partial charge in [0.2, 0.25) is 0 Å². The molecule has 25 heavy (non-hydrogen) atoms. The van der Waals surface area contributed by atoms with E-state index in [1.54, 1.807) is 13.2 Å². The van der Waals surface area contributed by atoms with E-state index in [9.17, 15) is 4.79 Å². The Morgan fingerprint density at radius 2 is 1.72 bits per heavy atom. The lowest BCUT2D eigenvalue weighted by Gasteiger charge is -2.34. The van der Waals surface area contributed by atoms with Gasteiger partial charge in [0.05, 0.1) is 0 Å². The van der Waals surface area contributed by atoms with Crippen molar-refractivity contribution in [1.29, 1.82) is 0 Å². The summed E-state index contributed by atoms with van der Waals surface area (Å²) in [6.45, 7) is 11.1. The van der Waals surface area contributed by atoms with Gasteiger partial charge >= 0.3 is 5.63 Å². The Hall–Kier alpha value is -1.69. The molecule has 1 saturated heterocycles. The largest absolute Gasteiger partial charge is 0.423 e. The molecule has 1 fully saturated rings. The summed E-state index contributed by atoms with van der Waals surface area (Å²) in [5.74, 6) is 0. The molecule has 0 bridgehead atoms. The predicted molar refractivity (Wildman–Crippen MR) is 100 cm³/mol. The molecule has 0 radical (unpaired) electrons. The number of rotatable bonds is 6. The van der Waals surface area contributed by atoms with Crippen molar-refractivity contribution < 1.29 is 9.15 Å². The first-order valence-corrected chi connectivity index (χ1v) is 9.04. The quantitative estimate of drug-likeness (QED) is 0.595. The summed E-state index contributed by atoms with van der Waals surface area (Å²) in [6, 6.07) is 5.77. The molecule has 5 heteroatoms. The third-order valence-corrected chi connectivity index (χ3v) is 5.13. The second-order valence-electron chi connectivity index (χ2n) is 6.99. The molecule has 1 aromatic heterocycles. The Labute approximate surface area is 149 Å². The van der Waals surface area contributed by atoms with E-state index in [-0.39, 0.29) is 5.63 Å². The van der Waals surface area contributed by atoms with Crippen molar-refractivity contribution in [3.63, 3.8) is 0 Å². The maximum Gasteiger partial charge on any atom is 0.336 e. The third kappa shape index (κ3) is 4.48. The normalized spacial score (nSPS) is 16.6. The van der Waals surface area contributed by atoms with E-state index in [0.717, 1.165) is 68.8 Å². The van der Waals surface area contributed by atoms with Gasteiger partial charge in [-0.05, 0) is 49.1 Å². The highest BCUT2D eigenvalue weighted by atomic mass is 16.5. The standard InChI is InChI=1S/C20H28N2O3/c1-15-11-18-17(13-20(23)25-19(18)12-16(15)2)14-22-8-6-21(7-9-22)5-4-10-24-3/h11-13H,4-10,14H2,1-3H3. The van der Waals surface area contributed by atoms with Crippen LogP contribution >= 0.6 is 0 Å². The van der Waals surface area contributed by atoms with Gasteiger partial charge in [-0.2, -0.15) is 0 Å². The Bertz CT molecular complexity index is 776. The molecule has 0 spiro atoms. The lowest BCUT2D eigenvalue weighted by atomic mass is 10.0. The van der Waals surface area contributed by atoms with Gasteiger partial charge in [0.1, 0.15) is 5.58 Å². The summed E-state index contributed by atoms with van der Waals surface area (Å²) in [5, 5.41) is 1.06. The maximum absolute atomic E-state index is 11.9. The summed E-state index contributed by atoms with van der Waals surface area (Å²) in [6.07, 6.45) is 1.08. The first-order valence-electron chi connectivity index (χ1n) is 9.04. The van der Waals surface area contributed by atoms with Crippen LogP contribution in [-0.4, -0.2) is 56.2 Å². The van der Waals surface area contributed by atoms with Gasteiger partial charge in [-0.1, -0.05) is 0 Å². The fourth-order valence-electron chi connectivity index (χ4n) is 3.46. The second kappa shape index (κ2) is 8.13. The summed E-state index contributed by atoms with van der Waals surface area (Å²) >= 11 is 0. The summed E-state index contributed by atoms with van der Waals surface area (Å²) in [5.41, 5.74) is 3.89. The molecule has 136 valence electrons. The number of aryl methyl sites for hydroxylation is 2. The monoisotopic (exact) mass is 344 g/mol. The van der Waals surface area contributed by atoms with Crippen molar-refractivity contribution in [1.82, 2.24) is 9.80 Å². The molecule has 2 aromatic rings. The van der Waals surface area contributed by atoms with Crippen molar-refractivity contribution in [2.75, 3.05) is 46.4 Å². The van der Waals surface area contributed by atoms with Gasteiger partial charge in [0.15, 0.2) is 0 Å². The predicted octanol–water partition coefficient (Wildman–Crippen LogP) is 2.56. The molecule has 0 amide bonds. The molecular weight excluding hydrogens is 316 g/mol. The highest BCUT2D eigenvalue weighted by Gasteiger charge is 2.18. The van der Waals surface area contributed by atoms with Crippen LogP contribution in [0.1, 0.15) is 23.1 Å². The molecule has 5 nitrogen and oxygen atoms in total. The summed E-state index contributed by atoms with van der Waals surface area (Å²) in [4.78, 5) is 16.8. The Kier molecular flexibility index (Phi) is 5.89. The van der Waals surface area contributed by atoms with Crippen molar-refractivity contribution in [3.05, 3.63) is 45.3 Å². The number of hydrogen-bond donors (Lipinski definition) is 0. The highest BCUT2D eigenvalue weighted by Crippen LogP contribution is 2.23. The van der Waals surface area contributed by atoms with Gasteiger partial charge in [-0.3, -0.25) is 4.90 Å². The highest BCUT2D eigenvalue weighted by molar-refractivity contribution is 5.81. The maximum atomic E-state index is 11.9. The Balaban J connectivity index is 1.69. The van der Waals surface area contributed by atoms with Crippen LogP contribution < -0.4 is 5.63 Å². The zero-order chi connectivity index (χ0) is 17.8. The smallest absolute Gasteiger partial charge is 0.336 e.